The van der Waals surface area contributed by atoms with Gasteiger partial charge in [-0.1, -0.05) is 35.1 Å². The molecule has 1 heterocycles. The highest BCUT2D eigenvalue weighted by Gasteiger charge is 2.26. The van der Waals surface area contributed by atoms with Gasteiger partial charge in [-0.2, -0.15) is 0 Å². The van der Waals surface area contributed by atoms with Gasteiger partial charge in [-0.3, -0.25) is 9.69 Å². The molecule has 0 unspecified atom stereocenters. The summed E-state index contributed by atoms with van der Waals surface area (Å²) >= 11 is 1.41. The highest BCUT2D eigenvalue weighted by Crippen LogP contribution is 2.32. The number of amides is 1. The van der Waals surface area contributed by atoms with E-state index >= 15 is 0 Å². The SMILES string of the molecule is Cc1ccc(S(=O)(=O)CC(=O)N(CCN(C)C)c2nc3c(C)c(C)ccc3s2)cc1.Cl. The number of aryl methyl sites for hydroxylation is 3. The Morgan fingerprint density at radius 2 is 1.65 bits per heavy atom. The molecule has 0 saturated heterocycles. The van der Waals surface area contributed by atoms with E-state index in [2.05, 4.69) is 0 Å². The Morgan fingerprint density at radius 1 is 1.00 bits per heavy atom. The summed E-state index contributed by atoms with van der Waals surface area (Å²) in [6.45, 7) is 6.89. The normalized spacial score (nSPS) is 11.5. The fourth-order valence-corrected chi connectivity index (χ4v) is 5.29. The Hall–Kier alpha value is -2.00. The lowest BCUT2D eigenvalue weighted by atomic mass is 10.1. The lowest BCUT2D eigenvalue weighted by molar-refractivity contribution is -0.116. The van der Waals surface area contributed by atoms with Crippen LogP contribution in [0.5, 0.6) is 0 Å². The monoisotopic (exact) mass is 481 g/mol. The van der Waals surface area contributed by atoms with Gasteiger partial charge < -0.3 is 4.90 Å². The van der Waals surface area contributed by atoms with E-state index in [9.17, 15) is 13.2 Å². The lowest BCUT2D eigenvalue weighted by Crippen LogP contribution is -2.40. The van der Waals surface area contributed by atoms with Crippen LogP contribution in [0.4, 0.5) is 5.13 Å². The smallest absolute Gasteiger partial charge is 0.244 e. The van der Waals surface area contributed by atoms with Crippen molar-refractivity contribution in [1.82, 2.24) is 9.88 Å². The number of thiazole rings is 1. The molecule has 0 atom stereocenters. The van der Waals surface area contributed by atoms with Gasteiger partial charge in [0.05, 0.1) is 15.1 Å². The first kappa shape index (κ1) is 25.3. The molecule has 0 radical (unpaired) electrons. The molecular weight excluding hydrogens is 454 g/mol. The molecule has 0 aliphatic heterocycles. The van der Waals surface area contributed by atoms with Crippen LogP contribution in [0.15, 0.2) is 41.3 Å². The van der Waals surface area contributed by atoms with Crippen molar-refractivity contribution < 1.29 is 13.2 Å². The van der Waals surface area contributed by atoms with Crippen molar-refractivity contribution in [2.75, 3.05) is 37.8 Å². The summed E-state index contributed by atoms with van der Waals surface area (Å²) in [7, 11) is 0.0877. The third-order valence-electron chi connectivity index (χ3n) is 5.07. The Bertz CT molecular complexity index is 1170. The quantitative estimate of drug-likeness (QED) is 0.510. The molecule has 0 saturated carbocycles. The van der Waals surface area contributed by atoms with Gasteiger partial charge in [0.25, 0.3) is 0 Å². The third-order valence-corrected chi connectivity index (χ3v) is 7.73. The van der Waals surface area contributed by atoms with E-state index in [1.165, 1.54) is 16.2 Å². The summed E-state index contributed by atoms with van der Waals surface area (Å²) in [5.41, 5.74) is 4.03. The molecule has 2 aromatic carbocycles. The first-order valence-corrected chi connectivity index (χ1v) is 12.2. The molecule has 0 spiro atoms. The van der Waals surface area contributed by atoms with Crippen molar-refractivity contribution in [2.45, 2.75) is 25.7 Å². The summed E-state index contributed by atoms with van der Waals surface area (Å²) < 4.78 is 26.6. The highest BCUT2D eigenvalue weighted by molar-refractivity contribution is 7.92. The van der Waals surface area contributed by atoms with E-state index < -0.39 is 21.5 Å². The molecule has 0 aliphatic carbocycles. The van der Waals surface area contributed by atoms with Gasteiger partial charge in [-0.25, -0.2) is 13.4 Å². The van der Waals surface area contributed by atoms with E-state index in [1.807, 2.05) is 51.9 Å². The predicted octanol–water partition coefficient (Wildman–Crippen LogP) is 4.01. The molecule has 0 N–H and O–H groups in total. The number of likely N-dealkylation sites (N-methyl/N-ethyl adjacent to an activating group) is 1. The number of hydrogen-bond acceptors (Lipinski definition) is 6. The second-order valence-electron chi connectivity index (χ2n) is 7.77. The van der Waals surface area contributed by atoms with Crippen LogP contribution < -0.4 is 4.90 Å². The summed E-state index contributed by atoms with van der Waals surface area (Å²) in [5.74, 6) is -1.05. The minimum atomic E-state index is -3.74. The molecule has 168 valence electrons. The van der Waals surface area contributed by atoms with Crippen molar-refractivity contribution in [1.29, 1.82) is 0 Å². The molecule has 3 aromatic rings. The molecule has 1 aromatic heterocycles. The Balaban J connectivity index is 0.00000341. The number of fused-ring (bicyclic) bond motifs is 1. The van der Waals surface area contributed by atoms with Crippen LogP contribution >= 0.6 is 23.7 Å². The largest absolute Gasteiger partial charge is 0.308 e. The van der Waals surface area contributed by atoms with Crippen molar-refractivity contribution in [3.8, 4) is 0 Å². The molecule has 6 nitrogen and oxygen atoms in total. The number of hydrogen-bond donors (Lipinski definition) is 0. The van der Waals surface area contributed by atoms with Crippen molar-refractivity contribution in [2.24, 2.45) is 0 Å². The summed E-state index contributed by atoms with van der Waals surface area (Å²) in [4.78, 5) is 21.5. The lowest BCUT2D eigenvalue weighted by Gasteiger charge is -2.22. The second-order valence-corrected chi connectivity index (χ2v) is 10.8. The summed E-state index contributed by atoms with van der Waals surface area (Å²) in [6, 6.07) is 10.6. The van der Waals surface area contributed by atoms with Crippen LogP contribution in [-0.4, -0.2) is 57.1 Å². The number of nitrogens with zero attached hydrogens (tertiary/aromatic N) is 3. The van der Waals surface area contributed by atoms with Crippen LogP contribution in [-0.2, 0) is 14.6 Å². The zero-order chi connectivity index (χ0) is 22.1. The molecule has 0 bridgehead atoms. The highest BCUT2D eigenvalue weighted by atomic mass is 35.5. The number of sulfone groups is 1. The first-order chi connectivity index (χ1) is 14.1. The van der Waals surface area contributed by atoms with Gasteiger partial charge in [0.2, 0.25) is 5.91 Å². The fourth-order valence-electron chi connectivity index (χ4n) is 3.03. The Morgan fingerprint density at radius 3 is 2.26 bits per heavy atom. The van der Waals surface area contributed by atoms with Crippen LogP contribution in [0, 0.1) is 20.8 Å². The van der Waals surface area contributed by atoms with Crippen LogP contribution in [0.3, 0.4) is 0 Å². The maximum atomic E-state index is 13.1. The summed E-state index contributed by atoms with van der Waals surface area (Å²) in [6.07, 6.45) is 0. The fraction of sp³-hybridized carbons (Fsp3) is 0.364. The van der Waals surface area contributed by atoms with E-state index in [4.69, 9.17) is 4.98 Å². The minimum Gasteiger partial charge on any atom is -0.308 e. The number of carbonyl (C=O) groups is 1. The van der Waals surface area contributed by atoms with Crippen molar-refractivity contribution in [3.63, 3.8) is 0 Å². The minimum absolute atomic E-state index is 0. The van der Waals surface area contributed by atoms with Crippen molar-refractivity contribution >= 4 is 54.8 Å². The Kier molecular flexibility index (Phi) is 8.21. The van der Waals surface area contributed by atoms with Crippen LogP contribution in [0.1, 0.15) is 16.7 Å². The van der Waals surface area contributed by atoms with E-state index in [0.717, 1.165) is 26.9 Å². The van der Waals surface area contributed by atoms with E-state index in [0.29, 0.717) is 18.2 Å². The molecule has 1 amide bonds. The van der Waals surface area contributed by atoms with Gasteiger partial charge in [0.1, 0.15) is 5.75 Å². The zero-order valence-corrected chi connectivity index (χ0v) is 20.8. The number of benzene rings is 2. The molecular formula is C22H28ClN3O3S2. The van der Waals surface area contributed by atoms with Gasteiger partial charge in [0, 0.05) is 13.1 Å². The average molecular weight is 482 g/mol. The van der Waals surface area contributed by atoms with Gasteiger partial charge in [-0.05, 0) is 64.2 Å². The molecule has 0 fully saturated rings. The number of halogens is 1. The number of rotatable bonds is 7. The maximum absolute atomic E-state index is 13.1. The third kappa shape index (κ3) is 5.83. The molecule has 31 heavy (non-hydrogen) atoms. The number of anilines is 1. The predicted molar refractivity (Wildman–Crippen MR) is 130 cm³/mol. The van der Waals surface area contributed by atoms with Crippen molar-refractivity contribution in [3.05, 3.63) is 53.1 Å². The van der Waals surface area contributed by atoms with Gasteiger partial charge in [0.15, 0.2) is 15.0 Å². The maximum Gasteiger partial charge on any atom is 0.244 e. The zero-order valence-electron chi connectivity index (χ0n) is 18.4. The number of aromatic nitrogens is 1. The molecule has 9 heteroatoms. The molecule has 0 aliphatic rings. The summed E-state index contributed by atoms with van der Waals surface area (Å²) in [5, 5.41) is 0.532. The first-order valence-electron chi connectivity index (χ1n) is 9.70. The Labute approximate surface area is 194 Å². The molecule has 3 rings (SSSR count). The number of carbonyl (C=O) groups excluding carboxylic acids is 1. The van der Waals surface area contributed by atoms with E-state index in [1.54, 1.807) is 24.3 Å². The van der Waals surface area contributed by atoms with Gasteiger partial charge >= 0.3 is 0 Å². The average Bonchev–Trinajstić information content (AvgIpc) is 3.09. The topological polar surface area (TPSA) is 70.6 Å². The van der Waals surface area contributed by atoms with Crippen LogP contribution in [0.25, 0.3) is 10.2 Å². The second kappa shape index (κ2) is 10.1. The van der Waals surface area contributed by atoms with E-state index in [-0.39, 0.29) is 17.3 Å². The van der Waals surface area contributed by atoms with Gasteiger partial charge in [-0.15, -0.1) is 12.4 Å². The van der Waals surface area contributed by atoms with Crippen LogP contribution in [0.2, 0.25) is 0 Å². The standard InChI is InChI=1S/C22H27N3O3S2.ClH/c1-15-6-9-18(10-7-15)30(27,28)14-20(26)25(13-12-24(4)5)22-23-21-17(3)16(2)8-11-19(21)29-22;/h6-11H,12-14H2,1-5H3;1H.